The van der Waals surface area contributed by atoms with Crippen molar-refractivity contribution in [2.75, 3.05) is 31.7 Å². The minimum atomic E-state index is -0.141. The van der Waals surface area contributed by atoms with Crippen LogP contribution in [0.4, 0.5) is 5.69 Å². The third-order valence-corrected chi connectivity index (χ3v) is 5.35. The van der Waals surface area contributed by atoms with Gasteiger partial charge in [-0.2, -0.15) is 0 Å². The first-order valence-electron chi connectivity index (χ1n) is 9.96. The molecule has 2 aromatic carbocycles. The van der Waals surface area contributed by atoms with Gasteiger partial charge in [0.05, 0.1) is 13.2 Å². The average molecular weight is 383 g/mol. The van der Waals surface area contributed by atoms with Crippen LogP contribution in [0.15, 0.2) is 48.5 Å². The number of methoxy groups -OCH3 is 1. The molecule has 0 radical (unpaired) electrons. The highest BCUT2D eigenvalue weighted by atomic mass is 16.5. The Balaban J connectivity index is 1.48. The molecule has 3 rings (SSSR count). The molecule has 1 heterocycles. The van der Waals surface area contributed by atoms with Crippen LogP contribution >= 0.6 is 0 Å². The predicted octanol–water partition coefficient (Wildman–Crippen LogP) is 4.19. The lowest BCUT2D eigenvalue weighted by Crippen LogP contribution is -2.33. The topological polar surface area (TPSA) is 50.8 Å². The number of ether oxygens (including phenoxy) is 2. The zero-order chi connectivity index (χ0) is 19.9. The molecule has 0 aliphatic carbocycles. The molecule has 0 spiro atoms. The van der Waals surface area contributed by atoms with Gasteiger partial charge in [-0.25, -0.2) is 0 Å². The number of benzene rings is 2. The van der Waals surface area contributed by atoms with Crippen LogP contribution in [0.5, 0.6) is 11.5 Å². The molecule has 2 aromatic rings. The van der Waals surface area contributed by atoms with E-state index in [1.807, 2.05) is 6.92 Å². The lowest BCUT2D eigenvalue weighted by atomic mass is 9.98. The Morgan fingerprint density at radius 1 is 1.07 bits per heavy atom. The van der Waals surface area contributed by atoms with Gasteiger partial charge in [0.2, 0.25) is 0 Å². The summed E-state index contributed by atoms with van der Waals surface area (Å²) in [5.74, 6) is 2.08. The Bertz CT molecular complexity index is 750. The maximum atomic E-state index is 12.2. The Kier molecular flexibility index (Phi) is 6.80. The molecule has 0 saturated carbocycles. The van der Waals surface area contributed by atoms with Crippen molar-refractivity contribution in [1.82, 2.24) is 5.32 Å². The molecule has 0 bridgehead atoms. The van der Waals surface area contributed by atoms with Crippen molar-refractivity contribution < 1.29 is 14.3 Å². The fourth-order valence-electron chi connectivity index (χ4n) is 3.43. The summed E-state index contributed by atoms with van der Waals surface area (Å²) in [6, 6.07) is 15.6. The van der Waals surface area contributed by atoms with Gasteiger partial charge in [0.1, 0.15) is 11.5 Å². The second-order valence-electron chi connectivity index (χ2n) is 7.51. The molecule has 0 aromatic heterocycles. The van der Waals surface area contributed by atoms with E-state index in [1.54, 1.807) is 31.4 Å². The summed E-state index contributed by atoms with van der Waals surface area (Å²) in [7, 11) is 1.62. The molecule has 5 nitrogen and oxygen atoms in total. The molecular formula is C23H30N2O3. The van der Waals surface area contributed by atoms with Crippen LogP contribution in [0.3, 0.4) is 0 Å². The van der Waals surface area contributed by atoms with Gasteiger partial charge >= 0.3 is 0 Å². The number of hydrogen-bond donors (Lipinski definition) is 1. The van der Waals surface area contributed by atoms with E-state index in [4.69, 9.17) is 9.47 Å². The summed E-state index contributed by atoms with van der Waals surface area (Å²) in [5, 5.41) is 2.99. The van der Waals surface area contributed by atoms with Gasteiger partial charge in [-0.3, -0.25) is 4.79 Å². The molecule has 1 aliphatic heterocycles. The largest absolute Gasteiger partial charge is 0.497 e. The Hall–Kier alpha value is -2.69. The van der Waals surface area contributed by atoms with Gasteiger partial charge < -0.3 is 19.7 Å². The van der Waals surface area contributed by atoms with E-state index in [2.05, 4.69) is 41.4 Å². The number of anilines is 1. The van der Waals surface area contributed by atoms with E-state index in [-0.39, 0.29) is 18.6 Å². The third-order valence-electron chi connectivity index (χ3n) is 5.35. The molecule has 1 atom stereocenters. The predicted molar refractivity (Wildman–Crippen MR) is 112 cm³/mol. The zero-order valence-corrected chi connectivity index (χ0v) is 17.0. The van der Waals surface area contributed by atoms with E-state index in [0.29, 0.717) is 5.75 Å². The highest BCUT2D eigenvalue weighted by molar-refractivity contribution is 5.78. The van der Waals surface area contributed by atoms with Gasteiger partial charge in [-0.1, -0.05) is 19.1 Å². The lowest BCUT2D eigenvalue weighted by Gasteiger charge is -2.32. The summed E-state index contributed by atoms with van der Waals surface area (Å²) >= 11 is 0. The third kappa shape index (κ3) is 5.41. The number of nitrogens with zero attached hydrogens (tertiary/aromatic N) is 1. The van der Waals surface area contributed by atoms with Crippen molar-refractivity contribution in [1.29, 1.82) is 0 Å². The number of amides is 1. The minimum absolute atomic E-state index is 0.0132. The highest BCUT2D eigenvalue weighted by Crippen LogP contribution is 2.24. The van der Waals surface area contributed by atoms with E-state index in [9.17, 15) is 4.79 Å². The van der Waals surface area contributed by atoms with Crippen LogP contribution in [0.25, 0.3) is 0 Å². The van der Waals surface area contributed by atoms with E-state index >= 15 is 0 Å². The van der Waals surface area contributed by atoms with Gasteiger partial charge in [-0.05, 0) is 67.6 Å². The van der Waals surface area contributed by atoms with E-state index < -0.39 is 0 Å². The monoisotopic (exact) mass is 382 g/mol. The summed E-state index contributed by atoms with van der Waals surface area (Å²) in [6.07, 6.45) is 2.50. The van der Waals surface area contributed by atoms with Crippen molar-refractivity contribution >= 4 is 11.6 Å². The van der Waals surface area contributed by atoms with Crippen LogP contribution in [0.2, 0.25) is 0 Å². The maximum Gasteiger partial charge on any atom is 0.258 e. The van der Waals surface area contributed by atoms with Gasteiger partial charge in [0, 0.05) is 18.8 Å². The van der Waals surface area contributed by atoms with E-state index in [1.165, 1.54) is 18.5 Å². The summed E-state index contributed by atoms with van der Waals surface area (Å²) < 4.78 is 10.6. The standard InChI is InChI=1S/C23H30N2O3/c1-17-12-14-25(15-13-17)20-6-4-19(5-7-20)18(2)24-23(26)16-28-22-10-8-21(27-3)9-11-22/h4-11,17-18H,12-16H2,1-3H3,(H,24,26). The van der Waals surface area contributed by atoms with Crippen LogP contribution in [-0.4, -0.2) is 32.7 Å². The maximum absolute atomic E-state index is 12.2. The molecule has 1 aliphatic rings. The number of nitrogens with one attached hydrogen (secondary N) is 1. The summed E-state index contributed by atoms with van der Waals surface area (Å²) in [6.45, 7) is 6.54. The number of hydrogen-bond acceptors (Lipinski definition) is 4. The molecular weight excluding hydrogens is 352 g/mol. The van der Waals surface area contributed by atoms with Gasteiger partial charge in [0.15, 0.2) is 6.61 Å². The first-order chi connectivity index (χ1) is 13.5. The number of carbonyl (C=O) groups is 1. The highest BCUT2D eigenvalue weighted by Gasteiger charge is 2.16. The Morgan fingerprint density at radius 2 is 1.68 bits per heavy atom. The Morgan fingerprint density at radius 3 is 2.29 bits per heavy atom. The van der Waals surface area contributed by atoms with Crippen molar-refractivity contribution in [2.45, 2.75) is 32.7 Å². The molecule has 28 heavy (non-hydrogen) atoms. The normalized spacial score (nSPS) is 15.8. The van der Waals surface area contributed by atoms with Crippen LogP contribution in [0.1, 0.15) is 38.3 Å². The molecule has 1 saturated heterocycles. The number of carbonyl (C=O) groups excluding carboxylic acids is 1. The molecule has 1 fully saturated rings. The SMILES string of the molecule is COc1ccc(OCC(=O)NC(C)c2ccc(N3CCC(C)CC3)cc2)cc1. The second-order valence-corrected chi connectivity index (χ2v) is 7.51. The molecule has 1 amide bonds. The molecule has 1 unspecified atom stereocenters. The number of piperidine rings is 1. The quantitative estimate of drug-likeness (QED) is 0.780. The van der Waals surface area contributed by atoms with Crippen LogP contribution in [-0.2, 0) is 4.79 Å². The van der Waals surface area contributed by atoms with Crippen molar-refractivity contribution in [3.05, 3.63) is 54.1 Å². The zero-order valence-electron chi connectivity index (χ0n) is 17.0. The van der Waals surface area contributed by atoms with Crippen LogP contribution < -0.4 is 19.7 Å². The van der Waals surface area contributed by atoms with Gasteiger partial charge in [-0.15, -0.1) is 0 Å². The number of rotatable bonds is 7. The minimum Gasteiger partial charge on any atom is -0.497 e. The molecule has 150 valence electrons. The first-order valence-corrected chi connectivity index (χ1v) is 9.96. The summed E-state index contributed by atoms with van der Waals surface area (Å²) in [4.78, 5) is 14.6. The summed E-state index contributed by atoms with van der Waals surface area (Å²) in [5.41, 5.74) is 2.35. The molecule has 1 N–H and O–H groups in total. The smallest absolute Gasteiger partial charge is 0.258 e. The lowest BCUT2D eigenvalue weighted by molar-refractivity contribution is -0.123. The Labute approximate surface area is 167 Å². The fourth-order valence-corrected chi connectivity index (χ4v) is 3.43. The fraction of sp³-hybridized carbons (Fsp3) is 0.435. The van der Waals surface area contributed by atoms with Crippen molar-refractivity contribution in [3.8, 4) is 11.5 Å². The first kappa shape index (κ1) is 20.1. The van der Waals surface area contributed by atoms with Gasteiger partial charge in [0.25, 0.3) is 5.91 Å². The van der Waals surface area contributed by atoms with E-state index in [0.717, 1.165) is 30.3 Å². The second kappa shape index (κ2) is 9.49. The van der Waals surface area contributed by atoms with Crippen LogP contribution in [0, 0.1) is 5.92 Å². The van der Waals surface area contributed by atoms with Crippen molar-refractivity contribution in [3.63, 3.8) is 0 Å². The molecule has 5 heteroatoms. The average Bonchev–Trinajstić information content (AvgIpc) is 2.73. The van der Waals surface area contributed by atoms with Crippen molar-refractivity contribution in [2.24, 2.45) is 5.92 Å².